The Labute approximate surface area is 130 Å². The predicted octanol–water partition coefficient (Wildman–Crippen LogP) is -1.94. The summed E-state index contributed by atoms with van der Waals surface area (Å²) in [5, 5.41) is 2.58. The van der Waals surface area contributed by atoms with Gasteiger partial charge in [0, 0.05) is 0 Å². The normalized spacial score (nSPS) is 17.7. The van der Waals surface area contributed by atoms with Crippen molar-refractivity contribution in [1.82, 2.24) is 0 Å². The maximum Gasteiger partial charge on any atom is 0.361 e. The van der Waals surface area contributed by atoms with Crippen molar-refractivity contribution >= 4 is 29.3 Å². The van der Waals surface area contributed by atoms with Crippen molar-refractivity contribution in [2.45, 2.75) is 6.17 Å². The molecule has 0 aromatic heterocycles. The molecule has 0 saturated heterocycles. The van der Waals surface area contributed by atoms with Crippen LogP contribution in [0.3, 0.4) is 0 Å². The highest BCUT2D eigenvalue weighted by Crippen LogP contribution is 2.19. The number of rotatable bonds is 2. The molecular formula is C16H16IN2+. The molecule has 96 valence electrons. The van der Waals surface area contributed by atoms with Gasteiger partial charge in [0.05, 0.1) is 6.08 Å². The highest BCUT2D eigenvalue weighted by molar-refractivity contribution is 6.11. The fraction of sp³-hybridized carbons (Fsp3) is 0.125. The third-order valence-corrected chi connectivity index (χ3v) is 3.30. The fourth-order valence-corrected chi connectivity index (χ4v) is 2.25. The molecule has 0 aliphatic carbocycles. The van der Waals surface area contributed by atoms with Crippen LogP contribution < -0.4 is 29.0 Å². The zero-order chi connectivity index (χ0) is 12.4. The number of nitrogens with one attached hydrogen (secondary N) is 1. The molecule has 1 unspecified atom stereocenters. The van der Waals surface area contributed by atoms with Gasteiger partial charge in [0.15, 0.2) is 0 Å². The van der Waals surface area contributed by atoms with E-state index >= 15 is 0 Å². The summed E-state index contributed by atoms with van der Waals surface area (Å²) in [4.78, 5) is 3.28. The van der Waals surface area contributed by atoms with Crippen LogP contribution in [0.4, 0.5) is 0 Å². The van der Waals surface area contributed by atoms with Gasteiger partial charge in [-0.2, -0.15) is 9.57 Å². The first-order valence-corrected chi connectivity index (χ1v) is 6.15. The summed E-state index contributed by atoms with van der Waals surface area (Å²) in [6, 6.07) is 14.9. The second kappa shape index (κ2) is 6.10. The van der Waals surface area contributed by atoms with Crippen molar-refractivity contribution in [2.75, 3.05) is 7.05 Å². The highest BCUT2D eigenvalue weighted by atomic mass is 127. The van der Waals surface area contributed by atoms with Crippen molar-refractivity contribution in [3.63, 3.8) is 0 Å². The van der Waals surface area contributed by atoms with E-state index < -0.39 is 0 Å². The first-order chi connectivity index (χ1) is 8.84. The van der Waals surface area contributed by atoms with Crippen LogP contribution in [0.5, 0.6) is 0 Å². The Kier molecular flexibility index (Phi) is 4.47. The second-order valence-corrected chi connectivity index (χ2v) is 4.52. The van der Waals surface area contributed by atoms with Gasteiger partial charge in [-0.15, -0.1) is 0 Å². The van der Waals surface area contributed by atoms with Gasteiger partial charge < -0.3 is 24.0 Å². The Bertz CT molecular complexity index is 666. The van der Waals surface area contributed by atoms with E-state index in [0.717, 1.165) is 0 Å². The summed E-state index contributed by atoms with van der Waals surface area (Å²) in [6.07, 6.45) is 8.63. The molecule has 0 amide bonds. The van der Waals surface area contributed by atoms with Gasteiger partial charge in [0.25, 0.3) is 0 Å². The largest absolute Gasteiger partial charge is 1.00 e. The van der Waals surface area contributed by atoms with Crippen LogP contribution in [0.2, 0.25) is 0 Å². The summed E-state index contributed by atoms with van der Waals surface area (Å²) in [6.45, 7) is 0. The summed E-state index contributed by atoms with van der Waals surface area (Å²) in [7, 11) is 2.06. The molecule has 2 nitrogen and oxygen atoms in total. The predicted molar refractivity (Wildman–Crippen MR) is 76.0 cm³/mol. The Morgan fingerprint density at radius 2 is 1.89 bits per heavy atom. The van der Waals surface area contributed by atoms with Crippen molar-refractivity contribution in [2.24, 2.45) is 0 Å². The molecule has 0 saturated carbocycles. The summed E-state index contributed by atoms with van der Waals surface area (Å²) in [5.74, 6) is 0. The molecule has 0 radical (unpaired) electrons. The van der Waals surface area contributed by atoms with Gasteiger partial charge in [-0.25, -0.2) is 0 Å². The lowest BCUT2D eigenvalue weighted by Gasteiger charge is -2.01. The summed E-state index contributed by atoms with van der Waals surface area (Å²) in [5.41, 5.74) is 1.26. The average molecular weight is 363 g/mol. The van der Waals surface area contributed by atoms with E-state index in [1.807, 2.05) is 12.4 Å². The molecule has 1 atom stereocenters. The first kappa shape index (κ1) is 13.9. The number of nitrogens with zero attached hydrogens (tertiary/aromatic N) is 1. The SMILES string of the molecule is C[N+]1=CC=[NH+]C1/C=C/c1cccc2ccccc12.[I-]. The quantitative estimate of drug-likeness (QED) is 0.473. The molecule has 19 heavy (non-hydrogen) atoms. The van der Waals surface area contributed by atoms with Gasteiger partial charge in [-0.1, -0.05) is 42.5 Å². The van der Waals surface area contributed by atoms with E-state index in [1.165, 1.54) is 16.3 Å². The minimum atomic E-state index is 0. The van der Waals surface area contributed by atoms with Gasteiger partial charge in [-0.3, -0.25) is 0 Å². The molecule has 0 fully saturated rings. The van der Waals surface area contributed by atoms with E-state index in [2.05, 4.69) is 71.2 Å². The average Bonchev–Trinajstić information content (AvgIpc) is 2.82. The molecule has 0 spiro atoms. The highest BCUT2D eigenvalue weighted by Gasteiger charge is 2.20. The number of hydrogen-bond donors (Lipinski definition) is 1. The minimum absolute atomic E-state index is 0. The molecule has 1 N–H and O–H groups in total. The summed E-state index contributed by atoms with van der Waals surface area (Å²) < 4.78 is 2.14. The maximum atomic E-state index is 3.28. The van der Waals surface area contributed by atoms with E-state index in [1.54, 1.807) is 0 Å². The fourth-order valence-electron chi connectivity index (χ4n) is 2.25. The zero-order valence-corrected chi connectivity index (χ0v) is 12.9. The molecule has 2 aromatic rings. The van der Waals surface area contributed by atoms with Crippen LogP contribution in [0.15, 0.2) is 48.5 Å². The lowest BCUT2D eigenvalue weighted by atomic mass is 10.0. The van der Waals surface area contributed by atoms with E-state index in [0.29, 0.717) is 0 Å². The van der Waals surface area contributed by atoms with Crippen molar-refractivity contribution < 1.29 is 33.5 Å². The van der Waals surface area contributed by atoms with Crippen LogP contribution in [0.25, 0.3) is 16.8 Å². The lowest BCUT2D eigenvalue weighted by molar-refractivity contribution is -0.713. The number of hydrogen-bond acceptors (Lipinski definition) is 0. The summed E-state index contributed by atoms with van der Waals surface area (Å²) >= 11 is 0. The van der Waals surface area contributed by atoms with Crippen molar-refractivity contribution in [1.29, 1.82) is 0 Å². The standard InChI is InChI=1S/C16H15N2.HI/c1-18-12-11-17-16(18)10-9-14-7-4-6-13-5-2-3-8-15(13)14;/h2-12,16H,1H3;1H/q+1;/b10-9+;. The monoisotopic (exact) mass is 363 g/mol. The number of halogens is 1. The van der Waals surface area contributed by atoms with Crippen molar-refractivity contribution in [3.8, 4) is 0 Å². The molecule has 3 heteroatoms. The Hall–Kier alpha value is -1.49. The maximum absolute atomic E-state index is 3.28. The third-order valence-electron chi connectivity index (χ3n) is 3.30. The van der Waals surface area contributed by atoms with Gasteiger partial charge in [0.1, 0.15) is 7.05 Å². The van der Waals surface area contributed by atoms with Gasteiger partial charge >= 0.3 is 6.17 Å². The first-order valence-electron chi connectivity index (χ1n) is 6.15. The Balaban J connectivity index is 0.00000133. The van der Waals surface area contributed by atoms with Crippen LogP contribution in [-0.4, -0.2) is 30.2 Å². The van der Waals surface area contributed by atoms with E-state index in [4.69, 9.17) is 0 Å². The third kappa shape index (κ3) is 2.92. The van der Waals surface area contributed by atoms with Crippen molar-refractivity contribution in [3.05, 3.63) is 54.1 Å². The van der Waals surface area contributed by atoms with Crippen LogP contribution in [0.1, 0.15) is 5.56 Å². The van der Waals surface area contributed by atoms with Crippen LogP contribution in [-0.2, 0) is 0 Å². The molecular weight excluding hydrogens is 347 g/mol. The lowest BCUT2D eigenvalue weighted by Crippen LogP contribution is -3.00. The topological polar surface area (TPSA) is 17.0 Å². The molecule has 0 bridgehead atoms. The molecule has 2 aromatic carbocycles. The smallest absolute Gasteiger partial charge is 0.361 e. The minimum Gasteiger partial charge on any atom is -1.00 e. The van der Waals surface area contributed by atoms with Crippen LogP contribution >= 0.6 is 0 Å². The van der Waals surface area contributed by atoms with E-state index in [-0.39, 0.29) is 30.1 Å². The molecule has 1 aliphatic rings. The Morgan fingerprint density at radius 3 is 2.68 bits per heavy atom. The second-order valence-electron chi connectivity index (χ2n) is 4.52. The van der Waals surface area contributed by atoms with Gasteiger partial charge in [0.2, 0.25) is 12.4 Å². The molecule has 1 heterocycles. The number of fused-ring (bicyclic) bond motifs is 1. The number of likely N-dealkylation sites (N-methyl/N-ethyl adjacent to an activating group) is 1. The molecule has 3 rings (SSSR count). The van der Waals surface area contributed by atoms with E-state index in [9.17, 15) is 0 Å². The Morgan fingerprint density at radius 1 is 1.11 bits per heavy atom. The molecule has 1 aliphatic heterocycles. The van der Waals surface area contributed by atoms with Crippen LogP contribution in [0, 0.1) is 0 Å². The van der Waals surface area contributed by atoms with Gasteiger partial charge in [-0.05, 0) is 22.4 Å². The number of benzene rings is 2. The zero-order valence-electron chi connectivity index (χ0n) is 10.8.